The molecule has 0 unspecified atom stereocenters. The Labute approximate surface area is 126 Å². The number of nitrogens with zero attached hydrogens (tertiary/aromatic N) is 1. The van der Waals surface area contributed by atoms with Gasteiger partial charge in [-0.1, -0.05) is 66.7 Å². The molecule has 108 valence electrons. The maximum atomic E-state index is 12.4. The van der Waals surface area contributed by atoms with Crippen LogP contribution in [0.25, 0.3) is 0 Å². The van der Waals surface area contributed by atoms with Gasteiger partial charge in [-0.3, -0.25) is 4.79 Å². The molecule has 2 aromatic carbocycles. The average Bonchev–Trinajstić information content (AvgIpc) is 2.54. The second kappa shape index (κ2) is 7.44. The van der Waals surface area contributed by atoms with Crippen molar-refractivity contribution in [2.45, 2.75) is 26.4 Å². The summed E-state index contributed by atoms with van der Waals surface area (Å²) in [5.74, 6) is 0.0395. The molecular weight excluding hydrogens is 258 g/mol. The van der Waals surface area contributed by atoms with Crippen molar-refractivity contribution in [3.05, 3.63) is 83.9 Å². The lowest BCUT2D eigenvalue weighted by atomic mass is 10.1. The second-order valence-electron chi connectivity index (χ2n) is 5.04. The number of rotatable bonds is 5. The minimum atomic E-state index is 0.0371. The molecule has 0 saturated carbocycles. The fourth-order valence-corrected chi connectivity index (χ4v) is 2.34. The summed E-state index contributed by atoms with van der Waals surface area (Å²) >= 11 is 0. The lowest BCUT2D eigenvalue weighted by molar-refractivity contribution is -0.128. The molecule has 0 aliphatic carbocycles. The Kier molecular flexibility index (Phi) is 5.33. The number of carbonyl (C=O) groups is 1. The first-order valence-electron chi connectivity index (χ1n) is 7.24. The molecule has 2 nitrogen and oxygen atoms in total. The minimum Gasteiger partial charge on any atom is -0.328 e. The Hall–Kier alpha value is -2.35. The molecule has 0 bridgehead atoms. The standard InChI is InChI=1S/C19H21NO/c1-3-10-19(21)20(15-17-11-6-4-7-12-17)16(2)18-13-8-5-9-14-18/h3-14,16H,15H2,1-2H3/b10-3+/t16-/m0/s1. The normalized spacial score (nSPS) is 12.3. The smallest absolute Gasteiger partial charge is 0.247 e. The zero-order chi connectivity index (χ0) is 15.1. The highest BCUT2D eigenvalue weighted by atomic mass is 16.2. The zero-order valence-corrected chi connectivity index (χ0v) is 12.6. The molecular formula is C19H21NO. The van der Waals surface area contributed by atoms with Crippen molar-refractivity contribution < 1.29 is 4.79 Å². The van der Waals surface area contributed by atoms with E-state index in [0.29, 0.717) is 6.54 Å². The number of hydrogen-bond donors (Lipinski definition) is 0. The van der Waals surface area contributed by atoms with Crippen molar-refractivity contribution in [1.29, 1.82) is 0 Å². The Morgan fingerprint density at radius 2 is 1.62 bits per heavy atom. The first-order valence-corrected chi connectivity index (χ1v) is 7.24. The first kappa shape index (κ1) is 15.0. The average molecular weight is 279 g/mol. The van der Waals surface area contributed by atoms with E-state index in [1.807, 2.05) is 60.4 Å². The van der Waals surface area contributed by atoms with Gasteiger partial charge < -0.3 is 4.90 Å². The van der Waals surface area contributed by atoms with Crippen LogP contribution in [0.3, 0.4) is 0 Å². The summed E-state index contributed by atoms with van der Waals surface area (Å²) in [6.45, 7) is 4.55. The molecule has 0 aliphatic heterocycles. The largest absolute Gasteiger partial charge is 0.328 e. The van der Waals surface area contributed by atoms with Crippen LogP contribution in [-0.4, -0.2) is 10.8 Å². The molecule has 0 saturated heterocycles. The molecule has 2 rings (SSSR count). The summed E-state index contributed by atoms with van der Waals surface area (Å²) in [5, 5.41) is 0. The predicted molar refractivity (Wildman–Crippen MR) is 86.7 cm³/mol. The van der Waals surface area contributed by atoms with Crippen molar-refractivity contribution in [2.75, 3.05) is 0 Å². The molecule has 0 aromatic heterocycles. The number of carbonyl (C=O) groups excluding carboxylic acids is 1. The molecule has 2 aromatic rings. The molecule has 0 heterocycles. The van der Waals surface area contributed by atoms with E-state index in [2.05, 4.69) is 19.1 Å². The summed E-state index contributed by atoms with van der Waals surface area (Å²) in [6.07, 6.45) is 3.42. The monoisotopic (exact) mass is 279 g/mol. The summed E-state index contributed by atoms with van der Waals surface area (Å²) < 4.78 is 0. The van der Waals surface area contributed by atoms with Crippen molar-refractivity contribution >= 4 is 5.91 Å². The quantitative estimate of drug-likeness (QED) is 0.745. The third-order valence-corrected chi connectivity index (χ3v) is 3.54. The van der Waals surface area contributed by atoms with Crippen LogP contribution in [0.2, 0.25) is 0 Å². The van der Waals surface area contributed by atoms with Gasteiger partial charge in [0.2, 0.25) is 5.91 Å². The molecule has 2 heteroatoms. The van der Waals surface area contributed by atoms with Crippen LogP contribution in [0.15, 0.2) is 72.8 Å². The summed E-state index contributed by atoms with van der Waals surface area (Å²) in [4.78, 5) is 14.3. The van der Waals surface area contributed by atoms with E-state index < -0.39 is 0 Å². The second-order valence-corrected chi connectivity index (χ2v) is 5.04. The summed E-state index contributed by atoms with van der Waals surface area (Å²) in [6, 6.07) is 20.3. The first-order chi connectivity index (χ1) is 10.2. The highest BCUT2D eigenvalue weighted by molar-refractivity contribution is 5.87. The Morgan fingerprint density at radius 3 is 2.19 bits per heavy atom. The number of benzene rings is 2. The lowest BCUT2D eigenvalue weighted by Crippen LogP contribution is -2.31. The lowest BCUT2D eigenvalue weighted by Gasteiger charge is -2.29. The van der Waals surface area contributed by atoms with Gasteiger partial charge in [-0.25, -0.2) is 0 Å². The van der Waals surface area contributed by atoms with Gasteiger partial charge in [0.15, 0.2) is 0 Å². The van der Waals surface area contributed by atoms with Crippen LogP contribution in [0.1, 0.15) is 31.0 Å². The third-order valence-electron chi connectivity index (χ3n) is 3.54. The van der Waals surface area contributed by atoms with Gasteiger partial charge in [0, 0.05) is 6.54 Å². The van der Waals surface area contributed by atoms with Gasteiger partial charge in [0.1, 0.15) is 0 Å². The Bertz CT molecular complexity index is 589. The van der Waals surface area contributed by atoms with Gasteiger partial charge in [0.05, 0.1) is 6.04 Å². The van der Waals surface area contributed by atoms with E-state index >= 15 is 0 Å². The van der Waals surface area contributed by atoms with Crippen LogP contribution >= 0.6 is 0 Å². The highest BCUT2D eigenvalue weighted by Crippen LogP contribution is 2.22. The molecule has 1 atom stereocenters. The van der Waals surface area contributed by atoms with E-state index in [9.17, 15) is 4.79 Å². The van der Waals surface area contributed by atoms with Crippen molar-refractivity contribution in [3.8, 4) is 0 Å². The fourth-order valence-electron chi connectivity index (χ4n) is 2.34. The SMILES string of the molecule is C/C=C/C(=O)N(Cc1ccccc1)[C@@H](C)c1ccccc1. The van der Waals surface area contributed by atoms with Crippen LogP contribution < -0.4 is 0 Å². The molecule has 0 radical (unpaired) electrons. The van der Waals surface area contributed by atoms with E-state index in [1.165, 1.54) is 0 Å². The topological polar surface area (TPSA) is 20.3 Å². The van der Waals surface area contributed by atoms with Crippen molar-refractivity contribution in [3.63, 3.8) is 0 Å². The van der Waals surface area contributed by atoms with Gasteiger partial charge in [-0.05, 0) is 31.1 Å². The molecule has 21 heavy (non-hydrogen) atoms. The molecule has 1 amide bonds. The highest BCUT2D eigenvalue weighted by Gasteiger charge is 2.19. The van der Waals surface area contributed by atoms with E-state index in [1.54, 1.807) is 12.2 Å². The Balaban J connectivity index is 2.26. The van der Waals surface area contributed by atoms with Crippen LogP contribution in [0.4, 0.5) is 0 Å². The maximum absolute atomic E-state index is 12.4. The third kappa shape index (κ3) is 4.06. The molecule has 0 N–H and O–H groups in total. The van der Waals surface area contributed by atoms with E-state index in [0.717, 1.165) is 11.1 Å². The van der Waals surface area contributed by atoms with Crippen LogP contribution in [-0.2, 0) is 11.3 Å². The summed E-state index contributed by atoms with van der Waals surface area (Å²) in [5.41, 5.74) is 2.28. The zero-order valence-electron chi connectivity index (χ0n) is 12.6. The predicted octanol–water partition coefficient (Wildman–Crippen LogP) is 4.35. The van der Waals surface area contributed by atoms with Crippen molar-refractivity contribution in [1.82, 2.24) is 4.90 Å². The van der Waals surface area contributed by atoms with Gasteiger partial charge in [-0.15, -0.1) is 0 Å². The number of hydrogen-bond acceptors (Lipinski definition) is 1. The molecule has 0 spiro atoms. The fraction of sp³-hybridized carbons (Fsp3) is 0.211. The Morgan fingerprint density at radius 1 is 1.05 bits per heavy atom. The molecule has 0 fully saturated rings. The number of amides is 1. The maximum Gasteiger partial charge on any atom is 0.247 e. The van der Waals surface area contributed by atoms with E-state index in [4.69, 9.17) is 0 Å². The van der Waals surface area contributed by atoms with Gasteiger partial charge in [0.25, 0.3) is 0 Å². The summed E-state index contributed by atoms with van der Waals surface area (Å²) in [7, 11) is 0. The van der Waals surface area contributed by atoms with Crippen molar-refractivity contribution in [2.24, 2.45) is 0 Å². The molecule has 0 aliphatic rings. The minimum absolute atomic E-state index is 0.0371. The van der Waals surface area contributed by atoms with Gasteiger partial charge in [-0.2, -0.15) is 0 Å². The van der Waals surface area contributed by atoms with E-state index in [-0.39, 0.29) is 11.9 Å². The number of allylic oxidation sites excluding steroid dienone is 1. The van der Waals surface area contributed by atoms with Gasteiger partial charge >= 0.3 is 0 Å². The van der Waals surface area contributed by atoms with Crippen LogP contribution in [0, 0.1) is 0 Å². The van der Waals surface area contributed by atoms with Crippen LogP contribution in [0.5, 0.6) is 0 Å².